The second-order valence-electron chi connectivity index (χ2n) is 21.3. The van der Waals surface area contributed by atoms with Crippen LogP contribution in [0, 0.1) is 0 Å². The molecule has 0 amide bonds. The summed E-state index contributed by atoms with van der Waals surface area (Å²) in [4.78, 5) is 38.3. The topological polar surface area (TPSA) is 78.9 Å². The number of carbonyl (C=O) groups excluding carboxylic acids is 3. The molecule has 0 aromatic carbocycles. The van der Waals surface area contributed by atoms with Gasteiger partial charge in [0.2, 0.25) is 0 Å². The average Bonchev–Trinajstić information content (AvgIpc) is 3.43. The summed E-state index contributed by atoms with van der Waals surface area (Å²) in [7, 11) is 0. The minimum absolute atomic E-state index is 0.0847. The zero-order valence-corrected chi connectivity index (χ0v) is 50.4. The Morgan fingerprint density at radius 2 is 0.506 bits per heavy atom. The van der Waals surface area contributed by atoms with E-state index in [0.717, 1.165) is 122 Å². The Labute approximate surface area is 476 Å². The Hall–Kier alpha value is -3.93. The van der Waals surface area contributed by atoms with E-state index in [4.69, 9.17) is 14.2 Å². The second-order valence-corrected chi connectivity index (χ2v) is 21.3. The molecule has 0 radical (unpaired) electrons. The van der Waals surface area contributed by atoms with Crippen molar-refractivity contribution in [2.75, 3.05) is 13.2 Å². The molecule has 0 fully saturated rings. The fourth-order valence-electron chi connectivity index (χ4n) is 8.95. The first-order valence-electron chi connectivity index (χ1n) is 32.4. The van der Waals surface area contributed by atoms with Gasteiger partial charge in [0.1, 0.15) is 13.2 Å². The number of hydrogen-bond acceptors (Lipinski definition) is 6. The van der Waals surface area contributed by atoms with Crippen LogP contribution in [0.25, 0.3) is 0 Å². The molecule has 6 heteroatoms. The Morgan fingerprint density at radius 3 is 0.805 bits per heavy atom. The Kier molecular flexibility index (Phi) is 61.3. The van der Waals surface area contributed by atoms with Crippen LogP contribution in [0.5, 0.6) is 0 Å². The van der Waals surface area contributed by atoms with E-state index in [1.165, 1.54) is 141 Å². The lowest BCUT2D eigenvalue weighted by Gasteiger charge is -2.18. The van der Waals surface area contributed by atoms with E-state index >= 15 is 0 Å². The van der Waals surface area contributed by atoms with Crippen molar-refractivity contribution in [3.8, 4) is 0 Å². The summed E-state index contributed by atoms with van der Waals surface area (Å²) in [6, 6.07) is 0. The Balaban J connectivity index is 4.33. The van der Waals surface area contributed by atoms with Gasteiger partial charge in [-0.15, -0.1) is 0 Å². The third-order valence-corrected chi connectivity index (χ3v) is 13.7. The molecule has 1 atom stereocenters. The standard InChI is InChI=1S/C71H120O6/c1-4-7-10-13-16-19-22-25-27-29-31-33-34-35-36-38-39-41-43-46-49-52-55-58-61-64-70(73)76-67-68(66-75-69(72)63-60-57-54-51-48-45-24-21-18-15-12-9-6-3)77-71(74)65-62-59-56-53-50-47-44-42-40-37-32-30-28-26-23-20-17-14-11-8-5-2/h7-8,10-11,16-17,19-21,24-28,31-33,37,68H,4-6,9,12-15,18,22-23,29-30,34-36,38-67H2,1-3H3/b10-7-,11-8-,19-16-,20-17-,24-21-,27-25-,28-26-,33-31-,37-32-. The highest BCUT2D eigenvalue weighted by atomic mass is 16.6. The third kappa shape index (κ3) is 62.8. The normalized spacial score (nSPS) is 12.8. The molecule has 0 aliphatic heterocycles. The van der Waals surface area contributed by atoms with E-state index in [9.17, 15) is 14.4 Å². The zero-order valence-electron chi connectivity index (χ0n) is 50.4. The van der Waals surface area contributed by atoms with Crippen LogP contribution in [0.15, 0.2) is 109 Å². The van der Waals surface area contributed by atoms with E-state index in [1.54, 1.807) is 0 Å². The highest BCUT2D eigenvalue weighted by Crippen LogP contribution is 2.16. The SMILES string of the molecule is CC/C=C\C/C=C\C/C=C\C/C=C\CCCCCCCCCCCCCCC(=O)OCC(COC(=O)CCCCCCC/C=C\CCCCCC)OC(=O)CCCCCCCCCC/C=C\C/C=C\C/C=C\C/C=C\CC. The maximum absolute atomic E-state index is 12.9. The molecule has 0 rings (SSSR count). The fourth-order valence-corrected chi connectivity index (χ4v) is 8.95. The van der Waals surface area contributed by atoms with Crippen molar-refractivity contribution in [2.45, 2.75) is 309 Å². The van der Waals surface area contributed by atoms with Gasteiger partial charge in [-0.1, -0.05) is 271 Å². The van der Waals surface area contributed by atoms with Crippen LogP contribution in [-0.4, -0.2) is 37.2 Å². The van der Waals surface area contributed by atoms with Crippen LogP contribution in [0.1, 0.15) is 303 Å². The molecule has 0 heterocycles. The first-order chi connectivity index (χ1) is 38.0. The lowest BCUT2D eigenvalue weighted by Crippen LogP contribution is -2.30. The van der Waals surface area contributed by atoms with Crippen LogP contribution in [0.4, 0.5) is 0 Å². The summed E-state index contributed by atoms with van der Waals surface area (Å²) >= 11 is 0. The van der Waals surface area contributed by atoms with Gasteiger partial charge in [-0.25, -0.2) is 0 Å². The van der Waals surface area contributed by atoms with Crippen molar-refractivity contribution in [2.24, 2.45) is 0 Å². The summed E-state index contributed by atoms with van der Waals surface area (Å²) in [6.07, 6.45) is 88.1. The highest BCUT2D eigenvalue weighted by molar-refractivity contribution is 5.71. The Bertz CT molecular complexity index is 1560. The summed E-state index contributed by atoms with van der Waals surface area (Å²) in [5, 5.41) is 0. The number of unbranched alkanes of at least 4 members (excludes halogenated alkanes) is 29. The number of hydrogen-bond donors (Lipinski definition) is 0. The number of rotatable bonds is 58. The largest absolute Gasteiger partial charge is 0.462 e. The lowest BCUT2D eigenvalue weighted by molar-refractivity contribution is -0.167. The van der Waals surface area contributed by atoms with E-state index in [0.29, 0.717) is 19.3 Å². The van der Waals surface area contributed by atoms with E-state index in [1.807, 2.05) is 0 Å². The van der Waals surface area contributed by atoms with Crippen LogP contribution < -0.4 is 0 Å². The molecule has 0 aromatic heterocycles. The molecule has 77 heavy (non-hydrogen) atoms. The quantitative estimate of drug-likeness (QED) is 0.0261. The maximum Gasteiger partial charge on any atom is 0.306 e. The number of carbonyl (C=O) groups is 3. The van der Waals surface area contributed by atoms with Crippen molar-refractivity contribution in [3.63, 3.8) is 0 Å². The molecule has 1 unspecified atom stereocenters. The van der Waals surface area contributed by atoms with Gasteiger partial charge in [-0.2, -0.15) is 0 Å². The van der Waals surface area contributed by atoms with Crippen molar-refractivity contribution in [1.29, 1.82) is 0 Å². The second kappa shape index (κ2) is 64.6. The van der Waals surface area contributed by atoms with Gasteiger partial charge >= 0.3 is 17.9 Å². The van der Waals surface area contributed by atoms with E-state index < -0.39 is 6.10 Å². The zero-order chi connectivity index (χ0) is 55.7. The molecule has 0 bridgehead atoms. The first kappa shape index (κ1) is 73.1. The molecule has 6 nitrogen and oxygen atoms in total. The van der Waals surface area contributed by atoms with Crippen LogP contribution in [0.2, 0.25) is 0 Å². The van der Waals surface area contributed by atoms with E-state index in [2.05, 4.69) is 130 Å². The van der Waals surface area contributed by atoms with E-state index in [-0.39, 0.29) is 31.1 Å². The molecular formula is C71H120O6. The first-order valence-corrected chi connectivity index (χ1v) is 32.4. The number of esters is 3. The smallest absolute Gasteiger partial charge is 0.306 e. The monoisotopic (exact) mass is 1070 g/mol. The lowest BCUT2D eigenvalue weighted by atomic mass is 10.0. The molecule has 0 aromatic rings. The van der Waals surface area contributed by atoms with Gasteiger partial charge in [0, 0.05) is 19.3 Å². The van der Waals surface area contributed by atoms with Crippen molar-refractivity contribution in [1.82, 2.24) is 0 Å². The van der Waals surface area contributed by atoms with Gasteiger partial charge in [0.25, 0.3) is 0 Å². The highest BCUT2D eigenvalue weighted by Gasteiger charge is 2.19. The molecule has 0 aliphatic carbocycles. The number of ether oxygens (including phenoxy) is 3. The summed E-state index contributed by atoms with van der Waals surface area (Å²) in [6.45, 7) is 6.41. The van der Waals surface area contributed by atoms with Crippen molar-refractivity contribution >= 4 is 17.9 Å². The van der Waals surface area contributed by atoms with Gasteiger partial charge in [-0.3, -0.25) is 14.4 Å². The van der Waals surface area contributed by atoms with Crippen molar-refractivity contribution < 1.29 is 28.6 Å². The summed E-state index contributed by atoms with van der Waals surface area (Å²) in [5.74, 6) is -0.895. The van der Waals surface area contributed by atoms with Crippen molar-refractivity contribution in [3.05, 3.63) is 109 Å². The molecular weight excluding hydrogens is 949 g/mol. The summed E-state index contributed by atoms with van der Waals surface area (Å²) < 4.78 is 16.9. The molecule has 0 N–H and O–H groups in total. The molecule has 0 spiro atoms. The Morgan fingerprint density at radius 1 is 0.273 bits per heavy atom. The predicted molar refractivity (Wildman–Crippen MR) is 334 cm³/mol. The van der Waals surface area contributed by atoms with Gasteiger partial charge in [-0.05, 0) is 122 Å². The maximum atomic E-state index is 12.9. The minimum Gasteiger partial charge on any atom is -0.462 e. The van der Waals surface area contributed by atoms with Crippen LogP contribution in [-0.2, 0) is 28.6 Å². The van der Waals surface area contributed by atoms with Gasteiger partial charge in [0.05, 0.1) is 0 Å². The predicted octanol–water partition coefficient (Wildman–Crippen LogP) is 22.2. The minimum atomic E-state index is -0.789. The molecule has 0 saturated heterocycles. The van der Waals surface area contributed by atoms with Crippen LogP contribution in [0.3, 0.4) is 0 Å². The molecule has 0 saturated carbocycles. The average molecular weight is 1070 g/mol. The third-order valence-electron chi connectivity index (χ3n) is 13.7. The van der Waals surface area contributed by atoms with Gasteiger partial charge < -0.3 is 14.2 Å². The molecule has 0 aliphatic rings. The summed E-state index contributed by atoms with van der Waals surface area (Å²) in [5.41, 5.74) is 0. The van der Waals surface area contributed by atoms with Crippen LogP contribution >= 0.6 is 0 Å². The fraction of sp³-hybridized carbons (Fsp3) is 0.704. The molecule has 440 valence electrons. The number of allylic oxidation sites excluding steroid dienone is 18. The van der Waals surface area contributed by atoms with Gasteiger partial charge in [0.15, 0.2) is 6.10 Å².